The van der Waals surface area contributed by atoms with E-state index in [9.17, 15) is 9.59 Å². The number of nitrogens with one attached hydrogen (secondary N) is 1. The van der Waals surface area contributed by atoms with Gasteiger partial charge in [0, 0.05) is 0 Å². The third-order valence-corrected chi connectivity index (χ3v) is 2.40. The van der Waals surface area contributed by atoms with Gasteiger partial charge in [-0.3, -0.25) is 9.69 Å². The van der Waals surface area contributed by atoms with Gasteiger partial charge in [-0.05, 0) is 12.5 Å². The van der Waals surface area contributed by atoms with Gasteiger partial charge in [-0.2, -0.15) is 0 Å². The van der Waals surface area contributed by atoms with E-state index in [1.165, 1.54) is 4.90 Å². The summed E-state index contributed by atoms with van der Waals surface area (Å²) in [6.07, 6.45) is 0. The number of hydrogen-bond donors (Lipinski definition) is 1. The first-order chi connectivity index (χ1) is 7.16. The van der Waals surface area contributed by atoms with Crippen LogP contribution in [-0.4, -0.2) is 23.4 Å². The lowest BCUT2D eigenvalue weighted by Gasteiger charge is -2.12. The van der Waals surface area contributed by atoms with Gasteiger partial charge in [-0.1, -0.05) is 29.8 Å². The smallest absolute Gasteiger partial charge is 0.324 e. The third-order valence-electron chi connectivity index (χ3n) is 2.40. The molecule has 1 heterocycles. The fourth-order valence-corrected chi connectivity index (χ4v) is 1.49. The topological polar surface area (TPSA) is 49.4 Å². The first-order valence-electron chi connectivity index (χ1n) is 4.80. The van der Waals surface area contributed by atoms with Crippen molar-refractivity contribution in [3.05, 3.63) is 35.4 Å². The van der Waals surface area contributed by atoms with Crippen LogP contribution >= 0.6 is 0 Å². The number of aryl methyl sites for hydroxylation is 1. The largest absolute Gasteiger partial charge is 0.329 e. The zero-order valence-electron chi connectivity index (χ0n) is 8.49. The molecule has 4 heteroatoms. The van der Waals surface area contributed by atoms with E-state index in [2.05, 4.69) is 5.32 Å². The fourth-order valence-electron chi connectivity index (χ4n) is 1.49. The summed E-state index contributed by atoms with van der Waals surface area (Å²) in [7, 11) is 0. The highest BCUT2D eigenvalue weighted by Crippen LogP contribution is 2.09. The maximum absolute atomic E-state index is 11.3. The highest BCUT2D eigenvalue weighted by atomic mass is 16.2. The van der Waals surface area contributed by atoms with Crippen molar-refractivity contribution in [2.45, 2.75) is 13.5 Å². The molecule has 1 saturated heterocycles. The average Bonchev–Trinajstić information content (AvgIpc) is 2.53. The summed E-state index contributed by atoms with van der Waals surface area (Å²) in [5.41, 5.74) is 2.13. The number of imide groups is 1. The minimum atomic E-state index is -0.305. The van der Waals surface area contributed by atoms with E-state index in [0.29, 0.717) is 6.54 Å². The maximum Gasteiger partial charge on any atom is 0.324 e. The summed E-state index contributed by atoms with van der Waals surface area (Å²) in [5.74, 6) is -0.166. The van der Waals surface area contributed by atoms with Crippen LogP contribution in [0.4, 0.5) is 4.79 Å². The molecule has 3 amide bonds. The number of urea groups is 1. The summed E-state index contributed by atoms with van der Waals surface area (Å²) in [4.78, 5) is 23.8. The van der Waals surface area contributed by atoms with Gasteiger partial charge in [-0.25, -0.2) is 4.79 Å². The van der Waals surface area contributed by atoms with Gasteiger partial charge in [0.05, 0.1) is 13.1 Å². The first kappa shape index (κ1) is 9.71. The van der Waals surface area contributed by atoms with Crippen molar-refractivity contribution in [3.8, 4) is 0 Å². The van der Waals surface area contributed by atoms with E-state index in [4.69, 9.17) is 0 Å². The minimum absolute atomic E-state index is 0.116. The van der Waals surface area contributed by atoms with Crippen molar-refractivity contribution < 1.29 is 9.59 Å². The van der Waals surface area contributed by atoms with E-state index in [1.807, 2.05) is 31.2 Å². The summed E-state index contributed by atoms with van der Waals surface area (Å²) < 4.78 is 0. The summed E-state index contributed by atoms with van der Waals surface area (Å²) >= 11 is 0. The second-order valence-electron chi connectivity index (χ2n) is 3.62. The molecule has 1 fully saturated rings. The van der Waals surface area contributed by atoms with Crippen molar-refractivity contribution in [1.82, 2.24) is 10.2 Å². The molecule has 0 spiro atoms. The lowest BCUT2D eigenvalue weighted by Crippen LogP contribution is -2.30. The molecule has 0 atom stereocenters. The van der Waals surface area contributed by atoms with Crippen LogP contribution in [0.2, 0.25) is 0 Å². The molecule has 15 heavy (non-hydrogen) atoms. The molecule has 1 aliphatic rings. The molecular formula is C11H12N2O2. The molecule has 0 unspecified atom stereocenters. The Morgan fingerprint density at radius 2 is 1.93 bits per heavy atom. The minimum Gasteiger partial charge on any atom is -0.329 e. The number of rotatable bonds is 2. The van der Waals surface area contributed by atoms with Crippen molar-refractivity contribution in [2.24, 2.45) is 0 Å². The molecule has 1 aliphatic heterocycles. The Morgan fingerprint density at radius 1 is 1.27 bits per heavy atom. The standard InChI is InChI=1S/C11H12N2O2/c1-8-2-4-9(5-3-8)7-13-10(14)6-12-11(13)15/h2-5H,6-7H2,1H3,(H,12,15). The molecule has 0 aromatic heterocycles. The second kappa shape index (κ2) is 3.73. The zero-order chi connectivity index (χ0) is 10.8. The van der Waals surface area contributed by atoms with E-state index >= 15 is 0 Å². The van der Waals surface area contributed by atoms with Crippen LogP contribution in [0.25, 0.3) is 0 Å². The van der Waals surface area contributed by atoms with Crippen LogP contribution < -0.4 is 5.32 Å². The van der Waals surface area contributed by atoms with Crippen molar-refractivity contribution in [1.29, 1.82) is 0 Å². The Balaban J connectivity index is 2.11. The van der Waals surface area contributed by atoms with Crippen LogP contribution in [0.15, 0.2) is 24.3 Å². The van der Waals surface area contributed by atoms with Crippen LogP contribution in [0, 0.1) is 6.92 Å². The van der Waals surface area contributed by atoms with Gasteiger partial charge in [-0.15, -0.1) is 0 Å². The second-order valence-corrected chi connectivity index (χ2v) is 3.62. The predicted octanol–water partition coefficient (Wildman–Crippen LogP) is 1.05. The highest BCUT2D eigenvalue weighted by molar-refractivity contribution is 6.01. The molecule has 0 aliphatic carbocycles. The number of hydrogen-bond acceptors (Lipinski definition) is 2. The molecule has 0 radical (unpaired) electrons. The first-order valence-corrected chi connectivity index (χ1v) is 4.80. The number of benzene rings is 1. The molecule has 0 saturated carbocycles. The quantitative estimate of drug-likeness (QED) is 0.732. The third kappa shape index (κ3) is 1.98. The molecule has 1 aromatic rings. The van der Waals surface area contributed by atoms with Crippen molar-refractivity contribution in [3.63, 3.8) is 0 Å². The number of nitrogens with zero attached hydrogens (tertiary/aromatic N) is 1. The monoisotopic (exact) mass is 204 g/mol. The Morgan fingerprint density at radius 3 is 2.47 bits per heavy atom. The van der Waals surface area contributed by atoms with Gasteiger partial charge in [0.1, 0.15) is 0 Å². The van der Waals surface area contributed by atoms with E-state index in [1.54, 1.807) is 0 Å². The molecule has 4 nitrogen and oxygen atoms in total. The van der Waals surface area contributed by atoms with Crippen molar-refractivity contribution in [2.75, 3.05) is 6.54 Å². The molecule has 1 N–H and O–H groups in total. The maximum atomic E-state index is 11.3. The fraction of sp³-hybridized carbons (Fsp3) is 0.273. The van der Waals surface area contributed by atoms with Crippen LogP contribution in [0.1, 0.15) is 11.1 Å². The van der Waals surface area contributed by atoms with Gasteiger partial charge >= 0.3 is 6.03 Å². The van der Waals surface area contributed by atoms with E-state index in [0.717, 1.165) is 11.1 Å². The van der Waals surface area contributed by atoms with Crippen LogP contribution in [-0.2, 0) is 11.3 Å². The predicted molar refractivity (Wildman–Crippen MR) is 55.1 cm³/mol. The Kier molecular flexibility index (Phi) is 2.41. The van der Waals surface area contributed by atoms with Gasteiger partial charge in [0.25, 0.3) is 0 Å². The number of carbonyl (C=O) groups excluding carboxylic acids is 2. The molecule has 1 aromatic carbocycles. The Labute approximate surface area is 87.9 Å². The normalized spacial score (nSPS) is 15.7. The summed E-state index contributed by atoms with van der Waals surface area (Å²) in [5, 5.41) is 2.49. The Bertz CT molecular complexity index is 382. The van der Waals surface area contributed by atoms with Crippen molar-refractivity contribution >= 4 is 11.9 Å². The van der Waals surface area contributed by atoms with Crippen LogP contribution in [0.5, 0.6) is 0 Å². The SMILES string of the molecule is Cc1ccc(CN2C(=O)CNC2=O)cc1. The van der Waals surface area contributed by atoms with Gasteiger partial charge in [0.15, 0.2) is 0 Å². The number of amides is 3. The molecule has 2 rings (SSSR count). The molecular weight excluding hydrogens is 192 g/mol. The van der Waals surface area contributed by atoms with E-state index in [-0.39, 0.29) is 18.5 Å². The summed E-state index contributed by atoms with van der Waals surface area (Å²) in [6, 6.07) is 7.48. The van der Waals surface area contributed by atoms with E-state index < -0.39 is 0 Å². The molecule has 0 bridgehead atoms. The lowest BCUT2D eigenvalue weighted by molar-refractivity contribution is -0.125. The summed E-state index contributed by atoms with van der Waals surface area (Å²) in [6.45, 7) is 2.47. The van der Waals surface area contributed by atoms with Gasteiger partial charge in [0.2, 0.25) is 5.91 Å². The van der Waals surface area contributed by atoms with Crippen LogP contribution in [0.3, 0.4) is 0 Å². The lowest BCUT2D eigenvalue weighted by atomic mass is 10.1. The highest BCUT2D eigenvalue weighted by Gasteiger charge is 2.27. The molecule has 78 valence electrons. The van der Waals surface area contributed by atoms with Gasteiger partial charge < -0.3 is 5.32 Å². The number of carbonyl (C=O) groups is 2. The Hall–Kier alpha value is -1.84. The average molecular weight is 204 g/mol. The zero-order valence-corrected chi connectivity index (χ0v) is 8.49.